The van der Waals surface area contributed by atoms with Crippen molar-refractivity contribution in [1.29, 1.82) is 0 Å². The van der Waals surface area contributed by atoms with E-state index in [-0.39, 0.29) is 17.4 Å². The van der Waals surface area contributed by atoms with Gasteiger partial charge < -0.3 is 25.8 Å². The van der Waals surface area contributed by atoms with E-state index in [9.17, 15) is 14.0 Å². The second kappa shape index (κ2) is 11.4. The molecule has 10 heteroatoms. The highest BCUT2D eigenvalue weighted by atomic mass is 19.1. The molecule has 0 fully saturated rings. The summed E-state index contributed by atoms with van der Waals surface area (Å²) in [7, 11) is 2.97. The van der Waals surface area contributed by atoms with Gasteiger partial charge in [0.1, 0.15) is 12.1 Å². The molecule has 1 unspecified atom stereocenters. The normalized spacial score (nSPS) is 11.6. The second-order valence-corrected chi connectivity index (χ2v) is 8.20. The number of para-hydroxylation sites is 1. The van der Waals surface area contributed by atoms with E-state index in [1.54, 1.807) is 25.3 Å². The van der Waals surface area contributed by atoms with E-state index in [2.05, 4.69) is 20.6 Å². The molecule has 4 N–H and O–H groups in total. The Morgan fingerprint density at radius 2 is 1.86 bits per heavy atom. The topological polar surface area (TPSA) is 128 Å². The number of primary amides is 1. The van der Waals surface area contributed by atoms with Crippen LogP contribution in [0.4, 0.5) is 15.9 Å². The number of methoxy groups -OCH3 is 2. The van der Waals surface area contributed by atoms with E-state index in [0.717, 1.165) is 11.6 Å². The molecule has 0 bridgehead atoms. The number of rotatable bonds is 10. The Labute approximate surface area is 212 Å². The molecule has 1 heterocycles. The number of anilines is 2. The predicted octanol–water partition coefficient (Wildman–Crippen LogP) is 4.32. The van der Waals surface area contributed by atoms with Crippen LogP contribution in [0, 0.1) is 5.82 Å². The Morgan fingerprint density at radius 1 is 1.05 bits per heavy atom. The maximum Gasteiger partial charge on any atom is 0.255 e. The van der Waals surface area contributed by atoms with Gasteiger partial charge in [-0.05, 0) is 54.4 Å². The Morgan fingerprint density at radius 3 is 2.59 bits per heavy atom. The van der Waals surface area contributed by atoms with Crippen LogP contribution in [0.2, 0.25) is 0 Å². The SMILES string of the molecule is COCCC(Nc1ncnc2c(C(N)=O)cccc12)c1cccc(NC(=O)c2ccc(OC)c(F)c2)c1. The summed E-state index contributed by atoms with van der Waals surface area (Å²) >= 11 is 0. The summed E-state index contributed by atoms with van der Waals surface area (Å²) in [6, 6.07) is 16.2. The zero-order chi connectivity index (χ0) is 26.4. The molecule has 190 valence electrons. The van der Waals surface area contributed by atoms with Crippen molar-refractivity contribution in [2.45, 2.75) is 12.5 Å². The molecule has 0 aliphatic heterocycles. The molecular formula is C27H26FN5O4. The minimum atomic E-state index is -0.621. The van der Waals surface area contributed by atoms with E-state index in [1.165, 1.54) is 25.6 Å². The second-order valence-electron chi connectivity index (χ2n) is 8.20. The fourth-order valence-corrected chi connectivity index (χ4v) is 3.97. The standard InChI is InChI=1S/C27H26FN5O4/c1-36-12-11-22(33-26-20-8-4-7-19(25(29)34)24(20)30-15-31-26)16-5-3-6-18(13-16)32-27(35)17-9-10-23(37-2)21(28)14-17/h3-10,13-15,22H,11-12H2,1-2H3,(H2,29,34)(H,32,35)(H,30,31,33). The number of ether oxygens (including phenoxy) is 2. The van der Waals surface area contributed by atoms with Gasteiger partial charge in [-0.15, -0.1) is 0 Å². The van der Waals surface area contributed by atoms with Crippen LogP contribution < -0.4 is 21.1 Å². The molecule has 1 aromatic heterocycles. The Bertz CT molecular complexity index is 1450. The Hall–Kier alpha value is -4.57. The van der Waals surface area contributed by atoms with E-state index in [1.807, 2.05) is 24.3 Å². The number of benzene rings is 3. The highest BCUT2D eigenvalue weighted by Gasteiger charge is 2.17. The number of halogens is 1. The van der Waals surface area contributed by atoms with Crippen molar-refractivity contribution < 1.29 is 23.5 Å². The average molecular weight is 504 g/mol. The van der Waals surface area contributed by atoms with Gasteiger partial charge in [-0.2, -0.15) is 0 Å². The molecule has 0 aliphatic rings. The highest BCUT2D eigenvalue weighted by Crippen LogP contribution is 2.29. The molecule has 0 spiro atoms. The monoisotopic (exact) mass is 503 g/mol. The number of nitrogens with one attached hydrogen (secondary N) is 2. The quantitative estimate of drug-likeness (QED) is 0.294. The summed E-state index contributed by atoms with van der Waals surface area (Å²) in [5.74, 6) is -1.07. The highest BCUT2D eigenvalue weighted by molar-refractivity contribution is 6.07. The Kier molecular flexibility index (Phi) is 7.89. The number of nitrogens with two attached hydrogens (primary N) is 1. The lowest BCUT2D eigenvalue weighted by molar-refractivity contribution is 0.0998. The smallest absolute Gasteiger partial charge is 0.255 e. The molecule has 3 aromatic carbocycles. The van der Waals surface area contributed by atoms with Gasteiger partial charge in [0.25, 0.3) is 11.8 Å². The van der Waals surface area contributed by atoms with E-state index in [0.29, 0.717) is 41.0 Å². The average Bonchev–Trinajstić information content (AvgIpc) is 2.90. The number of aromatic nitrogens is 2. The summed E-state index contributed by atoms with van der Waals surface area (Å²) in [6.45, 7) is 0.453. The lowest BCUT2D eigenvalue weighted by atomic mass is 10.0. The number of nitrogens with zero attached hydrogens (tertiary/aromatic N) is 2. The molecule has 1 atom stereocenters. The van der Waals surface area contributed by atoms with Crippen molar-refractivity contribution in [1.82, 2.24) is 9.97 Å². The fraction of sp³-hybridized carbons (Fsp3) is 0.185. The summed E-state index contributed by atoms with van der Waals surface area (Å²) < 4.78 is 24.3. The van der Waals surface area contributed by atoms with E-state index in [4.69, 9.17) is 15.2 Å². The summed E-state index contributed by atoms with van der Waals surface area (Å²) in [4.78, 5) is 33.2. The van der Waals surface area contributed by atoms with Crippen LogP contribution in [-0.2, 0) is 4.74 Å². The molecule has 37 heavy (non-hydrogen) atoms. The third-order valence-corrected chi connectivity index (χ3v) is 5.81. The van der Waals surface area contributed by atoms with Crippen molar-refractivity contribution in [2.75, 3.05) is 31.5 Å². The predicted molar refractivity (Wildman–Crippen MR) is 138 cm³/mol. The zero-order valence-electron chi connectivity index (χ0n) is 20.3. The van der Waals surface area contributed by atoms with Gasteiger partial charge in [0, 0.05) is 30.4 Å². The lowest BCUT2D eigenvalue weighted by Gasteiger charge is -2.21. The maximum absolute atomic E-state index is 14.1. The number of amides is 2. The number of carbonyl (C=O) groups excluding carboxylic acids is 2. The van der Waals surface area contributed by atoms with Crippen molar-refractivity contribution in [3.63, 3.8) is 0 Å². The van der Waals surface area contributed by atoms with Gasteiger partial charge in [0.15, 0.2) is 11.6 Å². The first kappa shape index (κ1) is 25.5. The summed E-state index contributed by atoms with van der Waals surface area (Å²) in [5, 5.41) is 6.86. The first-order valence-corrected chi connectivity index (χ1v) is 11.4. The van der Waals surface area contributed by atoms with Gasteiger partial charge in [0.2, 0.25) is 0 Å². The fourth-order valence-electron chi connectivity index (χ4n) is 3.97. The van der Waals surface area contributed by atoms with Crippen LogP contribution in [0.1, 0.15) is 38.7 Å². The van der Waals surface area contributed by atoms with Gasteiger partial charge >= 0.3 is 0 Å². The van der Waals surface area contributed by atoms with E-state index < -0.39 is 17.6 Å². The maximum atomic E-state index is 14.1. The molecule has 9 nitrogen and oxygen atoms in total. The first-order chi connectivity index (χ1) is 17.9. The third-order valence-electron chi connectivity index (χ3n) is 5.81. The molecule has 4 aromatic rings. The van der Waals surface area contributed by atoms with Gasteiger partial charge in [-0.1, -0.05) is 18.2 Å². The van der Waals surface area contributed by atoms with Crippen LogP contribution in [0.25, 0.3) is 10.9 Å². The van der Waals surface area contributed by atoms with Crippen LogP contribution in [0.15, 0.2) is 67.0 Å². The first-order valence-electron chi connectivity index (χ1n) is 11.4. The van der Waals surface area contributed by atoms with Gasteiger partial charge in [-0.25, -0.2) is 14.4 Å². The number of fused-ring (bicyclic) bond motifs is 1. The zero-order valence-corrected chi connectivity index (χ0v) is 20.3. The third kappa shape index (κ3) is 5.81. The molecule has 0 saturated heterocycles. The summed E-state index contributed by atoms with van der Waals surface area (Å²) in [6.07, 6.45) is 1.95. The number of carbonyl (C=O) groups is 2. The minimum absolute atomic E-state index is 0.0609. The molecule has 0 aliphatic carbocycles. The number of hydrogen-bond acceptors (Lipinski definition) is 7. The van der Waals surface area contributed by atoms with Gasteiger partial charge in [-0.3, -0.25) is 9.59 Å². The van der Waals surface area contributed by atoms with Crippen molar-refractivity contribution in [3.8, 4) is 5.75 Å². The molecule has 0 radical (unpaired) electrons. The molecular weight excluding hydrogens is 477 g/mol. The number of hydrogen-bond donors (Lipinski definition) is 3. The van der Waals surface area contributed by atoms with Crippen LogP contribution in [-0.4, -0.2) is 42.6 Å². The van der Waals surface area contributed by atoms with Gasteiger partial charge in [0.05, 0.1) is 24.2 Å². The van der Waals surface area contributed by atoms with Crippen LogP contribution >= 0.6 is 0 Å². The van der Waals surface area contributed by atoms with Crippen molar-refractivity contribution in [3.05, 3.63) is 89.5 Å². The minimum Gasteiger partial charge on any atom is -0.494 e. The summed E-state index contributed by atoms with van der Waals surface area (Å²) in [5.41, 5.74) is 7.81. The van der Waals surface area contributed by atoms with Crippen molar-refractivity contribution >= 4 is 34.2 Å². The largest absolute Gasteiger partial charge is 0.494 e. The van der Waals surface area contributed by atoms with Crippen molar-refractivity contribution in [2.24, 2.45) is 5.73 Å². The lowest BCUT2D eigenvalue weighted by Crippen LogP contribution is -2.17. The molecule has 4 rings (SSSR count). The Balaban J connectivity index is 1.61. The van der Waals surface area contributed by atoms with Crippen LogP contribution in [0.5, 0.6) is 5.75 Å². The van der Waals surface area contributed by atoms with E-state index >= 15 is 0 Å². The molecule has 2 amide bonds. The molecule has 0 saturated carbocycles. The van der Waals surface area contributed by atoms with Crippen LogP contribution in [0.3, 0.4) is 0 Å².